The molecule has 1 saturated heterocycles. The second-order valence-electron chi connectivity index (χ2n) is 3.28. The second-order valence-corrected chi connectivity index (χ2v) is 3.28. The monoisotopic (exact) mass is 215 g/mol. The van der Waals surface area contributed by atoms with Crippen LogP contribution in [-0.2, 0) is 15.3 Å². The lowest BCUT2D eigenvalue weighted by Gasteiger charge is -2.26. The Morgan fingerprint density at radius 3 is 2.47 bits per heavy atom. The smallest absolute Gasteiger partial charge is 0.210 e. The highest BCUT2D eigenvalue weighted by Crippen LogP contribution is 2.32. The van der Waals surface area contributed by atoms with Gasteiger partial charge in [-0.3, -0.25) is 0 Å². The molecule has 0 aliphatic carbocycles. The van der Waals surface area contributed by atoms with E-state index in [1.165, 1.54) is 6.07 Å². The highest BCUT2D eigenvalue weighted by Gasteiger charge is 2.39. The van der Waals surface area contributed by atoms with Gasteiger partial charge in [-0.05, 0) is 12.1 Å². The number of nitrogens with two attached hydrogens (primary N) is 1. The first-order chi connectivity index (χ1) is 7.18. The van der Waals surface area contributed by atoms with E-state index in [0.29, 0.717) is 13.2 Å². The summed E-state index contributed by atoms with van der Waals surface area (Å²) in [4.78, 5) is 0. The van der Waals surface area contributed by atoms with Gasteiger partial charge in [-0.25, -0.2) is 8.78 Å². The fraction of sp³-hybridized carbons (Fsp3) is 0.400. The van der Waals surface area contributed by atoms with Gasteiger partial charge in [0, 0.05) is 11.6 Å². The van der Waals surface area contributed by atoms with Gasteiger partial charge in [0.05, 0.1) is 19.8 Å². The van der Waals surface area contributed by atoms with Crippen LogP contribution in [0, 0.1) is 11.6 Å². The first kappa shape index (κ1) is 10.5. The first-order valence-corrected chi connectivity index (χ1v) is 4.61. The molecule has 0 atom stereocenters. The zero-order valence-electron chi connectivity index (χ0n) is 8.00. The molecule has 15 heavy (non-hydrogen) atoms. The average molecular weight is 215 g/mol. The molecule has 0 amide bonds. The van der Waals surface area contributed by atoms with Gasteiger partial charge in [0.2, 0.25) is 5.79 Å². The van der Waals surface area contributed by atoms with E-state index in [4.69, 9.17) is 15.2 Å². The maximum absolute atomic E-state index is 13.5. The van der Waals surface area contributed by atoms with E-state index >= 15 is 0 Å². The van der Waals surface area contributed by atoms with Crippen molar-refractivity contribution in [2.45, 2.75) is 5.79 Å². The molecule has 1 fully saturated rings. The van der Waals surface area contributed by atoms with Gasteiger partial charge in [-0.15, -0.1) is 0 Å². The summed E-state index contributed by atoms with van der Waals surface area (Å²) in [6.45, 7) is 0.706. The molecule has 1 aromatic carbocycles. The van der Waals surface area contributed by atoms with Crippen molar-refractivity contribution < 1.29 is 18.3 Å². The fourth-order valence-electron chi connectivity index (χ4n) is 1.64. The maximum atomic E-state index is 13.5. The molecule has 1 aliphatic rings. The van der Waals surface area contributed by atoms with Crippen LogP contribution in [0.25, 0.3) is 0 Å². The third kappa shape index (κ3) is 1.73. The van der Waals surface area contributed by atoms with Crippen molar-refractivity contribution in [3.63, 3.8) is 0 Å². The summed E-state index contributed by atoms with van der Waals surface area (Å²) < 4.78 is 36.8. The number of hydrogen-bond acceptors (Lipinski definition) is 3. The Balaban J connectivity index is 2.42. The van der Waals surface area contributed by atoms with Gasteiger partial charge in [0.15, 0.2) is 0 Å². The molecule has 3 nitrogen and oxygen atoms in total. The summed E-state index contributed by atoms with van der Waals surface area (Å²) in [6, 6.07) is 3.24. The van der Waals surface area contributed by atoms with Gasteiger partial charge in [-0.1, -0.05) is 0 Å². The molecule has 2 rings (SSSR count). The predicted molar refractivity (Wildman–Crippen MR) is 49.0 cm³/mol. The van der Waals surface area contributed by atoms with Crippen LogP contribution in [0.4, 0.5) is 8.78 Å². The Morgan fingerprint density at radius 1 is 1.27 bits per heavy atom. The topological polar surface area (TPSA) is 44.5 Å². The van der Waals surface area contributed by atoms with E-state index in [9.17, 15) is 8.78 Å². The highest BCUT2D eigenvalue weighted by molar-refractivity contribution is 5.24. The van der Waals surface area contributed by atoms with Crippen LogP contribution in [0.15, 0.2) is 18.2 Å². The van der Waals surface area contributed by atoms with Gasteiger partial charge < -0.3 is 15.2 Å². The molecular formula is C10H11F2NO2. The van der Waals surface area contributed by atoms with Crippen LogP contribution in [0.2, 0.25) is 0 Å². The molecule has 0 spiro atoms. The van der Waals surface area contributed by atoms with Crippen molar-refractivity contribution in [2.24, 2.45) is 5.73 Å². The first-order valence-electron chi connectivity index (χ1n) is 4.61. The summed E-state index contributed by atoms with van der Waals surface area (Å²) in [6.07, 6.45) is 0. The van der Waals surface area contributed by atoms with Gasteiger partial charge in [0.1, 0.15) is 11.6 Å². The van der Waals surface area contributed by atoms with Crippen LogP contribution in [0.1, 0.15) is 5.56 Å². The summed E-state index contributed by atoms with van der Waals surface area (Å²) >= 11 is 0. The van der Waals surface area contributed by atoms with Crippen molar-refractivity contribution in [1.82, 2.24) is 0 Å². The zero-order chi connectivity index (χ0) is 10.9. The Bertz CT molecular complexity index is 364. The van der Waals surface area contributed by atoms with Gasteiger partial charge in [0.25, 0.3) is 0 Å². The SMILES string of the molecule is NCC1(c2ccc(F)cc2F)OCCO1. The summed E-state index contributed by atoms with van der Waals surface area (Å²) in [5.41, 5.74) is 5.64. The van der Waals surface area contributed by atoms with Gasteiger partial charge in [-0.2, -0.15) is 0 Å². The van der Waals surface area contributed by atoms with E-state index in [1.807, 2.05) is 0 Å². The number of hydrogen-bond donors (Lipinski definition) is 1. The van der Waals surface area contributed by atoms with E-state index in [0.717, 1.165) is 12.1 Å². The van der Waals surface area contributed by atoms with Crippen molar-refractivity contribution in [3.05, 3.63) is 35.4 Å². The minimum absolute atomic E-state index is 0.00441. The lowest BCUT2D eigenvalue weighted by atomic mass is 10.1. The minimum Gasteiger partial charge on any atom is -0.342 e. The van der Waals surface area contributed by atoms with Crippen LogP contribution >= 0.6 is 0 Å². The minimum atomic E-state index is -1.25. The quantitative estimate of drug-likeness (QED) is 0.804. The molecule has 5 heteroatoms. The van der Waals surface area contributed by atoms with Crippen molar-refractivity contribution in [1.29, 1.82) is 0 Å². The van der Waals surface area contributed by atoms with Crippen molar-refractivity contribution in [2.75, 3.05) is 19.8 Å². The molecule has 82 valence electrons. The second kappa shape index (κ2) is 3.84. The van der Waals surface area contributed by atoms with Crippen molar-refractivity contribution >= 4 is 0 Å². The molecule has 1 heterocycles. The van der Waals surface area contributed by atoms with E-state index < -0.39 is 17.4 Å². The van der Waals surface area contributed by atoms with Crippen molar-refractivity contribution in [3.8, 4) is 0 Å². The molecule has 2 N–H and O–H groups in total. The average Bonchev–Trinajstić information content (AvgIpc) is 2.67. The number of ether oxygens (including phenoxy) is 2. The molecule has 0 unspecified atom stereocenters. The maximum Gasteiger partial charge on any atom is 0.210 e. The van der Waals surface area contributed by atoms with Gasteiger partial charge >= 0.3 is 0 Å². The largest absolute Gasteiger partial charge is 0.342 e. The van der Waals surface area contributed by atoms with Crippen LogP contribution in [0.5, 0.6) is 0 Å². The van der Waals surface area contributed by atoms with E-state index in [-0.39, 0.29) is 12.1 Å². The van der Waals surface area contributed by atoms with Crippen LogP contribution in [0.3, 0.4) is 0 Å². The molecule has 1 aliphatic heterocycles. The number of halogens is 2. The highest BCUT2D eigenvalue weighted by atomic mass is 19.1. The Labute approximate surface area is 85.8 Å². The third-order valence-corrected chi connectivity index (χ3v) is 2.36. The predicted octanol–water partition coefficient (Wildman–Crippen LogP) is 1.12. The Kier molecular flexibility index (Phi) is 2.68. The summed E-state index contributed by atoms with van der Waals surface area (Å²) in [5, 5.41) is 0. The molecule has 0 saturated carbocycles. The lowest BCUT2D eigenvalue weighted by Crippen LogP contribution is -2.37. The standard InChI is InChI=1S/C10H11F2NO2/c11-7-1-2-8(9(12)5-7)10(6-13)14-3-4-15-10/h1-2,5H,3-4,6,13H2. The fourth-order valence-corrected chi connectivity index (χ4v) is 1.64. The summed E-state index contributed by atoms with van der Waals surface area (Å²) in [7, 11) is 0. The van der Waals surface area contributed by atoms with E-state index in [2.05, 4.69) is 0 Å². The molecule has 0 radical (unpaired) electrons. The normalized spacial score (nSPS) is 19.4. The number of benzene rings is 1. The lowest BCUT2D eigenvalue weighted by molar-refractivity contribution is -0.158. The molecule has 0 aromatic heterocycles. The van der Waals surface area contributed by atoms with Crippen LogP contribution < -0.4 is 5.73 Å². The Hall–Kier alpha value is -1.04. The molecule has 1 aromatic rings. The number of rotatable bonds is 2. The Morgan fingerprint density at radius 2 is 1.93 bits per heavy atom. The molecular weight excluding hydrogens is 204 g/mol. The molecule has 0 bridgehead atoms. The van der Waals surface area contributed by atoms with Crippen LogP contribution in [-0.4, -0.2) is 19.8 Å². The summed E-state index contributed by atoms with van der Waals surface area (Å²) in [5.74, 6) is -2.60. The zero-order valence-corrected chi connectivity index (χ0v) is 8.00. The third-order valence-electron chi connectivity index (χ3n) is 2.36. The van der Waals surface area contributed by atoms with E-state index in [1.54, 1.807) is 0 Å².